The Balaban J connectivity index is 2.32. The highest BCUT2D eigenvalue weighted by Gasteiger charge is 2.21. The van der Waals surface area contributed by atoms with Crippen LogP contribution in [0.25, 0.3) is 0 Å². The molecule has 0 saturated carbocycles. The predicted octanol–water partition coefficient (Wildman–Crippen LogP) is 4.06. The summed E-state index contributed by atoms with van der Waals surface area (Å²) < 4.78 is 1.93. The molecule has 0 bridgehead atoms. The van der Waals surface area contributed by atoms with Crippen molar-refractivity contribution in [2.75, 3.05) is 0 Å². The van der Waals surface area contributed by atoms with Gasteiger partial charge in [0.05, 0.1) is 0 Å². The number of amides is 1. The Labute approximate surface area is 150 Å². The van der Waals surface area contributed by atoms with Gasteiger partial charge in [-0.15, -0.1) is 0 Å². The number of aryl methyl sites for hydroxylation is 1. The van der Waals surface area contributed by atoms with Crippen LogP contribution >= 0.6 is 0 Å². The van der Waals surface area contributed by atoms with Gasteiger partial charge in [0, 0.05) is 25.5 Å². The largest absolute Gasteiger partial charge is 0.339 e. The van der Waals surface area contributed by atoms with E-state index in [-0.39, 0.29) is 17.4 Å². The van der Waals surface area contributed by atoms with E-state index in [0.29, 0.717) is 0 Å². The molecular formula is C21H27N3O. The summed E-state index contributed by atoms with van der Waals surface area (Å²) >= 11 is 0. The summed E-state index contributed by atoms with van der Waals surface area (Å²) in [5, 5.41) is 3.05. The number of nitrogens with one attached hydrogen (secondary N) is 1. The van der Waals surface area contributed by atoms with E-state index in [1.54, 1.807) is 12.3 Å². The maximum atomic E-state index is 12.3. The molecule has 0 aliphatic rings. The molecule has 0 radical (unpaired) electrons. The normalized spacial score (nSPS) is 13.5. The Morgan fingerprint density at radius 3 is 2.40 bits per heavy atom. The zero-order valence-electron chi connectivity index (χ0n) is 15.7. The van der Waals surface area contributed by atoms with Crippen molar-refractivity contribution in [3.63, 3.8) is 0 Å². The van der Waals surface area contributed by atoms with Crippen LogP contribution in [0.1, 0.15) is 50.7 Å². The summed E-state index contributed by atoms with van der Waals surface area (Å²) in [5.41, 5.74) is 2.36. The molecular weight excluding hydrogens is 310 g/mol. The van der Waals surface area contributed by atoms with E-state index >= 15 is 0 Å². The fraction of sp³-hybridized carbons (Fsp3) is 0.333. The maximum Gasteiger partial charge on any atom is 0.244 e. The number of carbonyl (C=O) groups is 1. The Morgan fingerprint density at radius 2 is 1.88 bits per heavy atom. The first-order chi connectivity index (χ1) is 11.8. The molecule has 1 aromatic carbocycles. The lowest BCUT2D eigenvalue weighted by atomic mass is 9.86. The van der Waals surface area contributed by atoms with Crippen molar-refractivity contribution in [2.45, 2.75) is 39.2 Å². The average Bonchev–Trinajstić information content (AvgIpc) is 2.98. The fourth-order valence-electron chi connectivity index (χ4n) is 2.57. The number of carbonyl (C=O) groups excluding carboxylic acids is 1. The van der Waals surface area contributed by atoms with Crippen molar-refractivity contribution in [1.82, 2.24) is 14.9 Å². The van der Waals surface area contributed by atoms with E-state index in [1.165, 1.54) is 11.6 Å². The third kappa shape index (κ3) is 4.92. The topological polar surface area (TPSA) is 46.9 Å². The highest BCUT2D eigenvalue weighted by molar-refractivity contribution is 5.88. The van der Waals surface area contributed by atoms with Gasteiger partial charge in [-0.3, -0.25) is 4.79 Å². The lowest BCUT2D eigenvalue weighted by Gasteiger charge is -2.22. The zero-order chi connectivity index (χ0) is 18.4. The molecule has 0 spiro atoms. The van der Waals surface area contributed by atoms with Gasteiger partial charge in [-0.25, -0.2) is 4.98 Å². The van der Waals surface area contributed by atoms with E-state index in [0.717, 1.165) is 11.4 Å². The Bertz CT molecular complexity index is 761. The Kier molecular flexibility index (Phi) is 5.97. The van der Waals surface area contributed by atoms with Crippen LogP contribution in [-0.4, -0.2) is 15.5 Å². The second-order valence-electron chi connectivity index (χ2n) is 7.09. The molecule has 0 aliphatic carbocycles. The van der Waals surface area contributed by atoms with Crippen LogP contribution in [0.15, 0.2) is 61.0 Å². The standard InChI is InChI=1S/C21H27N3O/c1-6-7-8-9-18(25)23-19(20-22-14-15-24(20)5)16-10-12-17(13-11-16)21(2,3)4/h6-15,19H,1-5H3,(H,23,25)/b7-6+,9-8+. The Morgan fingerprint density at radius 1 is 1.20 bits per heavy atom. The molecule has 4 heteroatoms. The second-order valence-corrected chi connectivity index (χ2v) is 7.09. The van der Waals surface area contributed by atoms with Crippen LogP contribution in [0, 0.1) is 0 Å². The summed E-state index contributed by atoms with van der Waals surface area (Å²) in [4.78, 5) is 16.7. The van der Waals surface area contributed by atoms with Crippen LogP contribution in [0.5, 0.6) is 0 Å². The van der Waals surface area contributed by atoms with Gasteiger partial charge in [-0.05, 0) is 23.5 Å². The molecule has 0 fully saturated rings. The number of allylic oxidation sites excluding steroid dienone is 3. The minimum atomic E-state index is -0.295. The summed E-state index contributed by atoms with van der Waals surface area (Å²) in [5.74, 6) is 0.655. The molecule has 132 valence electrons. The van der Waals surface area contributed by atoms with Crippen LogP contribution in [0.2, 0.25) is 0 Å². The van der Waals surface area contributed by atoms with E-state index in [4.69, 9.17) is 0 Å². The lowest BCUT2D eigenvalue weighted by molar-refractivity contribution is -0.117. The van der Waals surface area contributed by atoms with E-state index in [1.807, 2.05) is 36.9 Å². The smallest absolute Gasteiger partial charge is 0.244 e. The predicted molar refractivity (Wildman–Crippen MR) is 102 cm³/mol. The molecule has 2 aromatic rings. The van der Waals surface area contributed by atoms with Gasteiger partial charge in [0.1, 0.15) is 11.9 Å². The number of rotatable bonds is 5. The van der Waals surface area contributed by atoms with Crippen molar-refractivity contribution >= 4 is 5.91 Å². The monoisotopic (exact) mass is 337 g/mol. The first kappa shape index (κ1) is 18.7. The Hall–Kier alpha value is -2.62. The van der Waals surface area contributed by atoms with E-state index in [2.05, 4.69) is 55.3 Å². The fourth-order valence-corrected chi connectivity index (χ4v) is 2.57. The van der Waals surface area contributed by atoms with Gasteiger partial charge in [0.25, 0.3) is 0 Å². The third-order valence-corrected chi connectivity index (χ3v) is 4.06. The summed E-state index contributed by atoms with van der Waals surface area (Å²) in [6, 6.07) is 8.07. The highest BCUT2D eigenvalue weighted by atomic mass is 16.1. The first-order valence-electron chi connectivity index (χ1n) is 8.50. The van der Waals surface area contributed by atoms with Gasteiger partial charge >= 0.3 is 0 Å². The number of nitrogens with zero attached hydrogens (tertiary/aromatic N) is 2. The SMILES string of the molecule is C/C=C/C=C/C(=O)NC(c1ccc(C(C)(C)C)cc1)c1nccn1C. The molecule has 1 N–H and O–H groups in total. The van der Waals surface area contributed by atoms with Crippen molar-refractivity contribution in [1.29, 1.82) is 0 Å². The molecule has 0 aliphatic heterocycles. The molecule has 2 rings (SSSR count). The summed E-state index contributed by atoms with van der Waals surface area (Å²) in [6.45, 7) is 8.47. The minimum absolute atomic E-state index is 0.0930. The van der Waals surface area contributed by atoms with E-state index in [9.17, 15) is 4.79 Å². The number of benzene rings is 1. The molecule has 1 amide bonds. The van der Waals surface area contributed by atoms with Crippen LogP contribution in [0.4, 0.5) is 0 Å². The van der Waals surface area contributed by atoms with E-state index < -0.39 is 0 Å². The van der Waals surface area contributed by atoms with Crippen molar-refractivity contribution < 1.29 is 4.79 Å². The van der Waals surface area contributed by atoms with Crippen LogP contribution in [-0.2, 0) is 17.3 Å². The first-order valence-corrected chi connectivity index (χ1v) is 8.50. The average molecular weight is 337 g/mol. The quantitative estimate of drug-likeness (QED) is 0.661. The molecule has 1 atom stereocenters. The second kappa shape index (κ2) is 7.97. The molecule has 0 saturated heterocycles. The van der Waals surface area contributed by atoms with Crippen LogP contribution < -0.4 is 5.32 Å². The number of hydrogen-bond acceptors (Lipinski definition) is 2. The number of imidazole rings is 1. The molecule has 25 heavy (non-hydrogen) atoms. The number of aromatic nitrogens is 2. The minimum Gasteiger partial charge on any atom is -0.339 e. The van der Waals surface area contributed by atoms with Gasteiger partial charge in [-0.1, -0.05) is 63.3 Å². The zero-order valence-corrected chi connectivity index (χ0v) is 15.7. The number of hydrogen-bond donors (Lipinski definition) is 1. The van der Waals surface area contributed by atoms with Crippen LogP contribution in [0.3, 0.4) is 0 Å². The highest BCUT2D eigenvalue weighted by Crippen LogP contribution is 2.26. The van der Waals surface area contributed by atoms with Gasteiger partial charge < -0.3 is 9.88 Å². The summed E-state index contributed by atoms with van der Waals surface area (Å²) in [7, 11) is 1.93. The van der Waals surface area contributed by atoms with Gasteiger partial charge in [0.2, 0.25) is 5.91 Å². The molecule has 1 unspecified atom stereocenters. The third-order valence-electron chi connectivity index (χ3n) is 4.06. The van der Waals surface area contributed by atoms with Gasteiger partial charge in [-0.2, -0.15) is 0 Å². The van der Waals surface area contributed by atoms with Crippen molar-refractivity contribution in [3.05, 3.63) is 77.9 Å². The molecule has 4 nitrogen and oxygen atoms in total. The van der Waals surface area contributed by atoms with Crippen molar-refractivity contribution in [2.24, 2.45) is 7.05 Å². The maximum absolute atomic E-state index is 12.3. The molecule has 1 aromatic heterocycles. The lowest BCUT2D eigenvalue weighted by Crippen LogP contribution is -2.29. The van der Waals surface area contributed by atoms with Gasteiger partial charge in [0.15, 0.2) is 0 Å². The van der Waals surface area contributed by atoms with Crippen molar-refractivity contribution in [3.8, 4) is 0 Å². The summed E-state index contributed by atoms with van der Waals surface area (Å²) in [6.07, 6.45) is 10.6. The molecule has 1 heterocycles.